The van der Waals surface area contributed by atoms with Crippen molar-refractivity contribution in [3.63, 3.8) is 0 Å². The van der Waals surface area contributed by atoms with Gasteiger partial charge in [0.1, 0.15) is 17.0 Å². The van der Waals surface area contributed by atoms with Crippen LogP contribution in [0.3, 0.4) is 0 Å². The molecule has 0 bridgehead atoms. The number of hydrogen-bond donors (Lipinski definition) is 1. The van der Waals surface area contributed by atoms with Gasteiger partial charge < -0.3 is 9.51 Å². The van der Waals surface area contributed by atoms with Crippen LogP contribution in [-0.2, 0) is 19.6 Å². The van der Waals surface area contributed by atoms with Crippen molar-refractivity contribution in [2.45, 2.75) is 39.9 Å². The normalized spacial score (nSPS) is 11.5. The van der Waals surface area contributed by atoms with Gasteiger partial charge >= 0.3 is 5.69 Å². The highest BCUT2D eigenvalue weighted by Crippen LogP contribution is 2.21. The second kappa shape index (κ2) is 8.38. The number of aromatic nitrogens is 7. The summed E-state index contributed by atoms with van der Waals surface area (Å²) in [4.78, 5) is 33.2. The molecular weight excluding hydrogens is 422 g/mol. The first-order valence-electron chi connectivity index (χ1n) is 10.9. The third-order valence-corrected chi connectivity index (χ3v) is 5.47. The van der Waals surface area contributed by atoms with Crippen LogP contribution in [0.25, 0.3) is 33.9 Å². The quantitative estimate of drug-likeness (QED) is 0.412. The zero-order chi connectivity index (χ0) is 22.9. The Balaban J connectivity index is 1.46. The molecule has 0 aliphatic rings. The monoisotopic (exact) mass is 445 g/mol. The molecule has 10 heteroatoms. The highest BCUT2D eigenvalue weighted by Gasteiger charge is 2.18. The summed E-state index contributed by atoms with van der Waals surface area (Å²) in [5.41, 5.74) is 2.36. The average molecular weight is 445 g/mol. The van der Waals surface area contributed by atoms with Crippen LogP contribution in [-0.4, -0.2) is 34.0 Å². The maximum Gasteiger partial charge on any atom is 0.332 e. The number of imidazole rings is 1. The molecule has 1 N–H and O–H groups in total. The summed E-state index contributed by atoms with van der Waals surface area (Å²) in [5.74, 6) is 1.17. The molecule has 33 heavy (non-hydrogen) atoms. The lowest BCUT2D eigenvalue weighted by molar-refractivity contribution is 0.419. The number of fused-ring (bicyclic) bond motifs is 1. The second-order valence-corrected chi connectivity index (χ2v) is 7.74. The molecule has 4 heterocycles. The van der Waals surface area contributed by atoms with Crippen molar-refractivity contribution in [2.24, 2.45) is 0 Å². The molecule has 4 aromatic heterocycles. The Hall–Kier alpha value is -4.21. The number of hydrogen-bond acceptors (Lipinski definition) is 6. The van der Waals surface area contributed by atoms with Gasteiger partial charge in [0.2, 0.25) is 0 Å². The SMILES string of the molecule is CCCn1c(=O)c2[nH]c(-c3cnn(Cc4cc(-c5ccccc5)on4)c3)nc2n(CC)c1=O. The lowest BCUT2D eigenvalue weighted by Gasteiger charge is -2.07. The highest BCUT2D eigenvalue weighted by atomic mass is 16.5. The Kier molecular flexibility index (Phi) is 5.25. The Morgan fingerprint density at radius 2 is 1.88 bits per heavy atom. The van der Waals surface area contributed by atoms with Crippen molar-refractivity contribution >= 4 is 11.2 Å². The minimum absolute atomic E-state index is 0.316. The predicted molar refractivity (Wildman–Crippen MR) is 123 cm³/mol. The van der Waals surface area contributed by atoms with Crippen LogP contribution in [0, 0.1) is 0 Å². The maximum absolute atomic E-state index is 12.9. The van der Waals surface area contributed by atoms with Crippen molar-refractivity contribution in [1.29, 1.82) is 0 Å². The second-order valence-electron chi connectivity index (χ2n) is 7.74. The smallest absolute Gasteiger partial charge is 0.332 e. The van der Waals surface area contributed by atoms with E-state index in [1.807, 2.05) is 56.4 Å². The van der Waals surface area contributed by atoms with Crippen molar-refractivity contribution in [2.75, 3.05) is 0 Å². The van der Waals surface area contributed by atoms with Crippen LogP contribution >= 0.6 is 0 Å². The summed E-state index contributed by atoms with van der Waals surface area (Å²) in [6.45, 7) is 4.98. The maximum atomic E-state index is 12.9. The van der Waals surface area contributed by atoms with Crippen LogP contribution in [0.1, 0.15) is 26.0 Å². The third kappa shape index (κ3) is 3.69. The minimum Gasteiger partial charge on any atom is -0.356 e. The zero-order valence-electron chi connectivity index (χ0n) is 18.4. The van der Waals surface area contributed by atoms with E-state index in [9.17, 15) is 9.59 Å². The molecule has 0 saturated carbocycles. The van der Waals surface area contributed by atoms with E-state index >= 15 is 0 Å². The van der Waals surface area contributed by atoms with E-state index in [0.29, 0.717) is 54.4 Å². The highest BCUT2D eigenvalue weighted by molar-refractivity contribution is 5.75. The van der Waals surface area contributed by atoms with Crippen molar-refractivity contribution in [1.82, 2.24) is 34.0 Å². The van der Waals surface area contributed by atoms with Crippen LogP contribution in [0.2, 0.25) is 0 Å². The number of H-pyrrole nitrogens is 1. The first-order chi connectivity index (χ1) is 16.1. The van der Waals surface area contributed by atoms with Gasteiger partial charge in [0.25, 0.3) is 5.56 Å². The molecule has 0 fully saturated rings. The van der Waals surface area contributed by atoms with Gasteiger partial charge in [0.15, 0.2) is 11.4 Å². The summed E-state index contributed by atoms with van der Waals surface area (Å²) in [6.07, 6.45) is 4.16. The molecule has 0 amide bonds. The summed E-state index contributed by atoms with van der Waals surface area (Å²) in [7, 11) is 0. The molecule has 5 rings (SSSR count). The van der Waals surface area contributed by atoms with E-state index in [-0.39, 0.29) is 11.2 Å². The molecule has 0 aliphatic carbocycles. The van der Waals surface area contributed by atoms with Crippen LogP contribution in [0.5, 0.6) is 0 Å². The van der Waals surface area contributed by atoms with E-state index in [4.69, 9.17) is 4.52 Å². The molecule has 10 nitrogen and oxygen atoms in total. The predicted octanol–water partition coefficient (Wildman–Crippen LogP) is 2.88. The minimum atomic E-state index is -0.358. The summed E-state index contributed by atoms with van der Waals surface area (Å²) in [6, 6.07) is 11.6. The third-order valence-electron chi connectivity index (χ3n) is 5.47. The van der Waals surface area contributed by atoms with Gasteiger partial charge in [-0.1, -0.05) is 42.4 Å². The zero-order valence-corrected chi connectivity index (χ0v) is 18.4. The van der Waals surface area contributed by atoms with Gasteiger partial charge in [0, 0.05) is 30.9 Å². The first-order valence-corrected chi connectivity index (χ1v) is 10.9. The molecule has 0 atom stereocenters. The van der Waals surface area contributed by atoms with Gasteiger partial charge in [-0.3, -0.25) is 18.6 Å². The lowest BCUT2D eigenvalue weighted by Crippen LogP contribution is -2.39. The molecule has 0 unspecified atom stereocenters. The van der Waals surface area contributed by atoms with Crippen molar-refractivity contribution in [3.8, 4) is 22.7 Å². The molecule has 0 radical (unpaired) electrons. The van der Waals surface area contributed by atoms with Crippen molar-refractivity contribution < 1.29 is 4.52 Å². The van der Waals surface area contributed by atoms with Gasteiger partial charge in [-0.25, -0.2) is 9.78 Å². The lowest BCUT2D eigenvalue weighted by atomic mass is 10.2. The Morgan fingerprint density at radius 3 is 2.64 bits per heavy atom. The Morgan fingerprint density at radius 1 is 1.06 bits per heavy atom. The molecule has 0 spiro atoms. The first kappa shape index (κ1) is 20.7. The largest absolute Gasteiger partial charge is 0.356 e. The Labute approximate surface area is 188 Å². The molecule has 5 aromatic rings. The van der Waals surface area contributed by atoms with Crippen molar-refractivity contribution in [3.05, 3.63) is 75.3 Å². The van der Waals surface area contributed by atoms with Crippen LogP contribution in [0.15, 0.2) is 62.9 Å². The van der Waals surface area contributed by atoms with Gasteiger partial charge in [-0.15, -0.1) is 0 Å². The van der Waals surface area contributed by atoms with Crippen LogP contribution in [0.4, 0.5) is 0 Å². The fourth-order valence-corrected chi connectivity index (χ4v) is 3.87. The van der Waals surface area contributed by atoms with Gasteiger partial charge in [-0.05, 0) is 13.3 Å². The number of nitrogens with zero attached hydrogens (tertiary/aromatic N) is 6. The molecular formula is C23H23N7O3. The number of aromatic amines is 1. The standard InChI is InChI=1S/C23H23N7O3/c1-3-10-30-22(31)19-21(29(4-2)23(30)32)26-20(25-19)16-12-24-28(13-16)14-17-11-18(33-27-17)15-8-6-5-7-9-15/h5-9,11-13H,3-4,10,14H2,1-2H3,(H,25,26). The Bertz CT molecular complexity index is 1540. The number of rotatable bonds is 7. The van der Waals surface area contributed by atoms with Gasteiger partial charge in [-0.2, -0.15) is 5.10 Å². The molecule has 0 aliphatic heterocycles. The summed E-state index contributed by atoms with van der Waals surface area (Å²) in [5, 5.41) is 8.53. The van der Waals surface area contributed by atoms with Crippen LogP contribution < -0.4 is 11.2 Å². The van der Waals surface area contributed by atoms with E-state index in [1.54, 1.807) is 10.9 Å². The summed E-state index contributed by atoms with van der Waals surface area (Å²) < 4.78 is 9.94. The number of nitrogens with one attached hydrogen (secondary N) is 1. The number of aryl methyl sites for hydroxylation is 1. The average Bonchev–Trinajstić information content (AvgIpc) is 3.58. The van der Waals surface area contributed by atoms with Gasteiger partial charge in [0.05, 0.1) is 18.3 Å². The van der Waals surface area contributed by atoms with E-state index in [0.717, 1.165) is 11.3 Å². The fraction of sp³-hybridized carbons (Fsp3) is 0.261. The van der Waals surface area contributed by atoms with E-state index < -0.39 is 0 Å². The van der Waals surface area contributed by atoms with E-state index in [1.165, 1.54) is 9.13 Å². The molecule has 1 aromatic carbocycles. The molecule has 0 saturated heterocycles. The topological polar surface area (TPSA) is 117 Å². The molecule has 168 valence electrons. The van der Waals surface area contributed by atoms with E-state index in [2.05, 4.69) is 20.2 Å². The summed E-state index contributed by atoms with van der Waals surface area (Å²) >= 11 is 0. The number of benzene rings is 1. The fourth-order valence-electron chi connectivity index (χ4n) is 3.87.